The van der Waals surface area contributed by atoms with Crippen molar-refractivity contribution in [2.45, 2.75) is 86.4 Å². The lowest BCUT2D eigenvalue weighted by Gasteiger charge is -2.19. The lowest BCUT2D eigenvalue weighted by atomic mass is 9.85. The molecule has 0 radical (unpaired) electrons. The molecule has 0 aliphatic rings. The molecule has 2 atom stereocenters. The van der Waals surface area contributed by atoms with E-state index in [1.165, 1.54) is 77.9 Å². The Balaban J connectivity index is 0.000000188. The minimum absolute atomic E-state index is 0.378. The van der Waals surface area contributed by atoms with Gasteiger partial charge in [0.2, 0.25) is 0 Å². The van der Waals surface area contributed by atoms with Crippen molar-refractivity contribution >= 4 is 6.21 Å². The number of nitrogens with one attached hydrogen (secondary N) is 1. The van der Waals surface area contributed by atoms with Crippen molar-refractivity contribution in [2.75, 3.05) is 0 Å². The zero-order chi connectivity index (χ0) is 46.0. The summed E-state index contributed by atoms with van der Waals surface area (Å²) in [7, 11) is 0. The van der Waals surface area contributed by atoms with Gasteiger partial charge in [0.15, 0.2) is 6.54 Å². The molecule has 0 aromatic heterocycles. The third kappa shape index (κ3) is 13.5. The highest BCUT2D eigenvalue weighted by Crippen LogP contribution is 2.38. The second-order valence-electron chi connectivity index (χ2n) is 17.1. The molecule has 328 valence electrons. The molecule has 1 N–H and O–H groups in total. The molecular formula is C62H66N3+. The van der Waals surface area contributed by atoms with Gasteiger partial charge in [-0.3, -0.25) is 0 Å². The Labute approximate surface area is 389 Å². The highest BCUT2D eigenvalue weighted by molar-refractivity contribution is 5.81. The maximum absolute atomic E-state index is 8.74. The van der Waals surface area contributed by atoms with Gasteiger partial charge >= 0.3 is 0 Å². The van der Waals surface area contributed by atoms with Gasteiger partial charge in [0.1, 0.15) is 0 Å². The highest BCUT2D eigenvalue weighted by atomic mass is 15.3. The first kappa shape index (κ1) is 47.5. The fraction of sp³-hybridized carbons (Fsp3) is 0.210. The molecule has 0 heterocycles. The predicted octanol–water partition coefficient (Wildman–Crippen LogP) is 17.1. The summed E-state index contributed by atoms with van der Waals surface area (Å²) in [6.07, 6.45) is 4.94. The second kappa shape index (κ2) is 24.2. The van der Waals surface area contributed by atoms with Gasteiger partial charge in [-0.25, -0.2) is 4.99 Å². The minimum atomic E-state index is -0.378. The summed E-state index contributed by atoms with van der Waals surface area (Å²) in [5, 5.41) is 0. The number of hydrogen-bond donors (Lipinski definition) is 1. The number of aryl methyl sites for hydroxylation is 5. The molecule has 3 nitrogen and oxygen atoms in total. The number of nitrogens with zero attached hydrogens (tertiary/aromatic N) is 2. The van der Waals surface area contributed by atoms with E-state index in [2.05, 4.69) is 182 Å². The molecule has 65 heavy (non-hydrogen) atoms. The van der Waals surface area contributed by atoms with E-state index in [-0.39, 0.29) is 6.17 Å². The number of aliphatic imine (C=N–C) groups is 1. The molecule has 0 bridgehead atoms. The normalized spacial score (nSPS) is 11.7. The monoisotopic (exact) mass is 853 g/mol. The molecule has 0 spiro atoms. The van der Waals surface area contributed by atoms with E-state index in [0.717, 1.165) is 29.5 Å². The number of hydrogen-bond acceptors (Lipinski definition) is 2. The van der Waals surface area contributed by atoms with Gasteiger partial charge in [0, 0.05) is 17.3 Å². The van der Waals surface area contributed by atoms with Crippen molar-refractivity contribution in [1.29, 1.82) is 5.53 Å². The van der Waals surface area contributed by atoms with Gasteiger partial charge < -0.3 is 0 Å². The van der Waals surface area contributed by atoms with Crippen molar-refractivity contribution in [3.8, 4) is 33.4 Å². The Bertz CT molecular complexity index is 2720. The lowest BCUT2D eigenvalue weighted by Crippen LogP contribution is -2.14. The Morgan fingerprint density at radius 3 is 1.65 bits per heavy atom. The average Bonchev–Trinajstić information content (AvgIpc) is 3.34. The molecular weight excluding hydrogens is 787 g/mol. The van der Waals surface area contributed by atoms with Crippen molar-refractivity contribution in [2.24, 2.45) is 4.99 Å². The highest BCUT2D eigenvalue weighted by Gasteiger charge is 2.23. The average molecular weight is 853 g/mol. The lowest BCUT2D eigenvalue weighted by molar-refractivity contribution is -0.667. The molecule has 8 rings (SSSR count). The Morgan fingerprint density at radius 1 is 0.523 bits per heavy atom. The smallest absolute Gasteiger partial charge is 0.219 e. The van der Waals surface area contributed by atoms with Crippen LogP contribution in [0.25, 0.3) is 33.4 Å². The standard InChI is InChI=1S/C28H26N3.C27H32.C7H8/c1-22-12-14-23(15-13-22)20-30-28(27-10-6-3-7-11-27)31(29)21-24-16-18-26(19-17-24)25-8-4-2-5-9-25;1-6-12-22-13-8-9-15-24(22)26-18-27(21(5)17-20(26)4)25-16-11-10-14-23(25)19(3)7-2;1-7-5-3-2-4-6-7/h2-20,28-29H,21H2,1H3;8-11,13-19H,6-7,12H2,1-5H3;2-6H,1H3/q+1;;/b30-20+,31-29?;;. The van der Waals surface area contributed by atoms with Gasteiger partial charge in [-0.05, 0) is 114 Å². The molecule has 0 fully saturated rings. The van der Waals surface area contributed by atoms with Crippen LogP contribution in [-0.2, 0) is 13.0 Å². The topological polar surface area (TPSA) is 39.2 Å². The van der Waals surface area contributed by atoms with Crippen LogP contribution in [0.1, 0.15) is 95.8 Å². The van der Waals surface area contributed by atoms with E-state index in [1.807, 2.05) is 72.9 Å². The van der Waals surface area contributed by atoms with Gasteiger partial charge in [-0.15, -0.1) is 0 Å². The zero-order valence-corrected chi connectivity index (χ0v) is 39.5. The van der Waals surface area contributed by atoms with E-state index in [4.69, 9.17) is 10.5 Å². The summed E-state index contributed by atoms with van der Waals surface area (Å²) < 4.78 is 1.54. The van der Waals surface area contributed by atoms with Gasteiger partial charge in [-0.1, -0.05) is 243 Å². The van der Waals surface area contributed by atoms with Gasteiger partial charge in [-0.2, -0.15) is 0 Å². The molecule has 8 aromatic rings. The van der Waals surface area contributed by atoms with Gasteiger partial charge in [0.25, 0.3) is 6.17 Å². The summed E-state index contributed by atoms with van der Waals surface area (Å²) >= 11 is 0. The summed E-state index contributed by atoms with van der Waals surface area (Å²) in [6.45, 7) is 16.0. The third-order valence-electron chi connectivity index (χ3n) is 12.0. The Morgan fingerprint density at radius 2 is 1.05 bits per heavy atom. The summed E-state index contributed by atoms with van der Waals surface area (Å²) in [5.41, 5.74) is 27.9. The van der Waals surface area contributed by atoms with Crippen molar-refractivity contribution < 1.29 is 4.70 Å². The summed E-state index contributed by atoms with van der Waals surface area (Å²) in [4.78, 5) is 4.77. The van der Waals surface area contributed by atoms with Crippen LogP contribution in [0.4, 0.5) is 0 Å². The van der Waals surface area contributed by atoms with Crippen LogP contribution in [0.3, 0.4) is 0 Å². The second-order valence-corrected chi connectivity index (χ2v) is 17.1. The van der Waals surface area contributed by atoms with Crippen LogP contribution in [0.5, 0.6) is 0 Å². The number of benzene rings is 8. The Hall–Kier alpha value is -6.97. The van der Waals surface area contributed by atoms with E-state index < -0.39 is 0 Å². The van der Waals surface area contributed by atoms with Crippen molar-refractivity contribution in [3.05, 3.63) is 250 Å². The first-order valence-corrected chi connectivity index (χ1v) is 23.2. The minimum Gasteiger partial charge on any atom is -0.219 e. The van der Waals surface area contributed by atoms with Crippen LogP contribution < -0.4 is 0 Å². The summed E-state index contributed by atoms with van der Waals surface area (Å²) in [6, 6.07) is 69.9. The van der Waals surface area contributed by atoms with E-state index in [1.54, 1.807) is 0 Å². The first-order valence-electron chi connectivity index (χ1n) is 23.2. The van der Waals surface area contributed by atoms with Crippen LogP contribution in [0.15, 0.2) is 205 Å². The fourth-order valence-electron chi connectivity index (χ4n) is 8.13. The maximum atomic E-state index is 8.74. The molecule has 3 heteroatoms. The summed E-state index contributed by atoms with van der Waals surface area (Å²) in [5.74, 6) is 0.567. The van der Waals surface area contributed by atoms with Crippen molar-refractivity contribution in [3.63, 3.8) is 0 Å². The predicted molar refractivity (Wildman–Crippen MR) is 277 cm³/mol. The molecule has 0 saturated heterocycles. The van der Waals surface area contributed by atoms with E-state index in [0.29, 0.717) is 12.5 Å². The third-order valence-corrected chi connectivity index (χ3v) is 12.0. The molecule has 8 aromatic carbocycles. The number of rotatable bonds is 13. The van der Waals surface area contributed by atoms with Crippen LogP contribution in [-0.4, -0.2) is 10.9 Å². The maximum Gasteiger partial charge on any atom is 0.296 e. The first-order chi connectivity index (χ1) is 31.6. The quantitative estimate of drug-likeness (QED) is 0.0682. The van der Waals surface area contributed by atoms with Crippen LogP contribution in [0.2, 0.25) is 0 Å². The molecule has 2 unspecified atom stereocenters. The zero-order valence-electron chi connectivity index (χ0n) is 39.5. The molecule has 0 aliphatic carbocycles. The van der Waals surface area contributed by atoms with Crippen molar-refractivity contribution in [1.82, 2.24) is 0 Å². The largest absolute Gasteiger partial charge is 0.296 e. The molecule has 0 aliphatic heterocycles. The SMILES string of the molecule is CCCc1ccccc1-c1cc(-c2ccccc2C(C)CC)c(C)cc1C.Cc1ccc(/C=N/C(c2ccccc2)[N+](=N)Cc2ccc(-c3ccccc3)cc2)cc1.Cc1ccccc1. The fourth-order valence-corrected chi connectivity index (χ4v) is 8.13. The van der Waals surface area contributed by atoms with Crippen LogP contribution >= 0.6 is 0 Å². The molecule has 0 amide bonds. The van der Waals surface area contributed by atoms with E-state index >= 15 is 0 Å². The Kier molecular flexibility index (Phi) is 17.7. The van der Waals surface area contributed by atoms with Gasteiger partial charge in [0.05, 0.1) is 0 Å². The van der Waals surface area contributed by atoms with E-state index in [9.17, 15) is 0 Å². The molecule has 0 saturated carbocycles. The van der Waals surface area contributed by atoms with Crippen LogP contribution in [0, 0.1) is 33.2 Å².